The Bertz CT molecular complexity index is 74.4. The van der Waals surface area contributed by atoms with Crippen LogP contribution in [0.4, 0.5) is 0 Å². The molecule has 0 bridgehead atoms. The van der Waals surface area contributed by atoms with E-state index in [0.29, 0.717) is 0 Å². The Kier molecular flexibility index (Phi) is 5.69. The second kappa shape index (κ2) is 5.47. The zero-order chi connectivity index (χ0) is 6.41. The van der Waals surface area contributed by atoms with Gasteiger partial charge in [0.25, 0.3) is 0 Å². The Labute approximate surface area is 57.0 Å². The Hall–Kier alpha value is 0.330. The van der Waals surface area contributed by atoms with Gasteiger partial charge in [0.05, 0.1) is 11.1 Å². The third-order valence-electron chi connectivity index (χ3n) is 0.378. The highest BCUT2D eigenvalue weighted by atomic mass is 33.1. The summed E-state index contributed by atoms with van der Waals surface area (Å²) in [6, 6.07) is 0. The summed E-state index contributed by atoms with van der Waals surface area (Å²) in [6.07, 6.45) is 1.89. The average molecular weight is 152 g/mol. The molecule has 0 aromatic rings. The van der Waals surface area contributed by atoms with Crippen LogP contribution in [0, 0.1) is 0 Å². The molecule has 0 fully saturated rings. The minimum Gasteiger partial charge on any atom is -0.297 e. The molecule has 0 rings (SSSR count). The van der Waals surface area contributed by atoms with E-state index in [0.717, 1.165) is 0 Å². The van der Waals surface area contributed by atoms with Crippen LogP contribution in [-0.2, 0) is 8.98 Å². The third-order valence-corrected chi connectivity index (χ3v) is 1.43. The van der Waals surface area contributed by atoms with Crippen molar-refractivity contribution in [3.63, 3.8) is 0 Å². The third kappa shape index (κ3) is 6.33. The van der Waals surface area contributed by atoms with E-state index in [1.807, 2.05) is 6.26 Å². The monoisotopic (exact) mass is 152 g/mol. The molecule has 0 aromatic heterocycles. The van der Waals surface area contributed by atoms with E-state index in [1.165, 1.54) is 28.8 Å². The largest absolute Gasteiger partial charge is 0.297 e. The minimum atomic E-state index is 0.0616. The van der Waals surface area contributed by atoms with E-state index in [9.17, 15) is 4.79 Å². The lowest BCUT2D eigenvalue weighted by molar-refractivity contribution is -0.118. The van der Waals surface area contributed by atoms with Crippen molar-refractivity contribution in [3.8, 4) is 0 Å². The van der Waals surface area contributed by atoms with Crippen molar-refractivity contribution in [1.82, 2.24) is 0 Å². The highest BCUT2D eigenvalue weighted by Crippen LogP contribution is 2.16. The van der Waals surface area contributed by atoms with Crippen molar-refractivity contribution < 1.29 is 8.98 Å². The van der Waals surface area contributed by atoms with E-state index in [2.05, 4.69) is 0 Å². The van der Waals surface area contributed by atoms with Gasteiger partial charge in [-0.05, 0) is 13.2 Å². The van der Waals surface area contributed by atoms with Gasteiger partial charge in [-0.15, -0.1) is 0 Å². The van der Waals surface area contributed by atoms with Crippen LogP contribution in [0.25, 0.3) is 0 Å². The van der Waals surface area contributed by atoms with E-state index in [-0.39, 0.29) is 12.4 Å². The number of Topliss-reactive ketones (excluding diaryl/α,β-unsaturated/α-hetero) is 1. The number of ketones is 1. The predicted octanol–water partition coefficient (Wildman–Crippen LogP) is 1.52. The quantitative estimate of drug-likeness (QED) is 0.346. The van der Waals surface area contributed by atoms with Gasteiger partial charge in [-0.1, -0.05) is 10.8 Å². The van der Waals surface area contributed by atoms with Crippen LogP contribution < -0.4 is 0 Å². The van der Waals surface area contributed by atoms with Crippen molar-refractivity contribution >= 4 is 27.7 Å². The fourth-order valence-corrected chi connectivity index (χ4v) is 0.898. The Morgan fingerprint density at radius 2 is 2.38 bits per heavy atom. The molecular weight excluding hydrogens is 144 g/mol. The summed E-state index contributed by atoms with van der Waals surface area (Å²) in [5.41, 5.74) is 0. The second-order valence-corrected chi connectivity index (χ2v) is 3.31. The van der Waals surface area contributed by atoms with Gasteiger partial charge in [-0.25, -0.2) is 0 Å². The summed E-state index contributed by atoms with van der Waals surface area (Å²) in [5.74, 6) is 0.0616. The Morgan fingerprint density at radius 3 is 2.75 bits per heavy atom. The molecule has 0 aromatic carbocycles. The standard InChI is InChI=1S/C4H8O2S2/c1-4(5)3-6-8-7-2/h3H2,1-2H3. The molecule has 0 unspecified atom stereocenters. The molecule has 0 aliphatic rings. The number of hydrogen-bond donors (Lipinski definition) is 0. The van der Waals surface area contributed by atoms with Crippen LogP contribution in [0.2, 0.25) is 0 Å². The zero-order valence-electron chi connectivity index (χ0n) is 4.84. The van der Waals surface area contributed by atoms with Gasteiger partial charge >= 0.3 is 0 Å². The van der Waals surface area contributed by atoms with Crippen LogP contribution in [-0.4, -0.2) is 18.6 Å². The molecule has 0 radical (unpaired) electrons. The minimum absolute atomic E-state index is 0.0616. The van der Waals surface area contributed by atoms with Gasteiger partial charge in [0.1, 0.15) is 6.61 Å². The Balaban J connectivity index is 2.82. The zero-order valence-corrected chi connectivity index (χ0v) is 6.47. The smallest absolute Gasteiger partial charge is 0.156 e. The first-order valence-corrected chi connectivity index (χ1v) is 4.57. The highest BCUT2D eigenvalue weighted by molar-refractivity contribution is 8.74. The topological polar surface area (TPSA) is 26.3 Å². The first-order valence-electron chi connectivity index (χ1n) is 2.09. The van der Waals surface area contributed by atoms with Gasteiger partial charge < -0.3 is 0 Å². The number of rotatable bonds is 4. The number of carbonyl (C=O) groups is 1. The van der Waals surface area contributed by atoms with E-state index >= 15 is 0 Å². The van der Waals surface area contributed by atoms with Crippen molar-refractivity contribution in [1.29, 1.82) is 0 Å². The van der Waals surface area contributed by atoms with Crippen molar-refractivity contribution in [3.05, 3.63) is 0 Å². The molecule has 2 nitrogen and oxygen atoms in total. The molecule has 8 heavy (non-hydrogen) atoms. The second-order valence-electron chi connectivity index (χ2n) is 1.20. The SMILES string of the molecule is CSSOCC(C)=O. The molecule has 0 spiro atoms. The van der Waals surface area contributed by atoms with Gasteiger partial charge in [0.2, 0.25) is 0 Å². The molecule has 0 N–H and O–H groups in total. The summed E-state index contributed by atoms with van der Waals surface area (Å²) in [6.45, 7) is 1.71. The summed E-state index contributed by atoms with van der Waals surface area (Å²) in [5, 5.41) is 0. The first kappa shape index (κ1) is 8.33. The maximum absolute atomic E-state index is 10.2. The lowest BCUT2D eigenvalue weighted by Crippen LogP contribution is -1.97. The molecular formula is C4H8O2S2. The average Bonchev–Trinajstić information content (AvgIpc) is 1.66. The highest BCUT2D eigenvalue weighted by Gasteiger charge is 1.90. The molecule has 0 atom stereocenters. The van der Waals surface area contributed by atoms with E-state index < -0.39 is 0 Å². The van der Waals surface area contributed by atoms with Gasteiger partial charge in [-0.2, -0.15) is 0 Å². The molecule has 0 heterocycles. The van der Waals surface area contributed by atoms with E-state index in [1.54, 1.807) is 0 Å². The molecule has 48 valence electrons. The summed E-state index contributed by atoms with van der Waals surface area (Å²) in [4.78, 5) is 10.2. The van der Waals surface area contributed by atoms with Crippen molar-refractivity contribution in [2.24, 2.45) is 0 Å². The maximum atomic E-state index is 10.2. The van der Waals surface area contributed by atoms with Gasteiger partial charge in [-0.3, -0.25) is 8.98 Å². The van der Waals surface area contributed by atoms with Gasteiger partial charge in [0, 0.05) is 0 Å². The number of hydrogen-bond acceptors (Lipinski definition) is 4. The first-order chi connectivity index (χ1) is 3.77. The fraction of sp³-hybridized carbons (Fsp3) is 0.750. The molecule has 0 saturated heterocycles. The Morgan fingerprint density at radius 1 is 1.75 bits per heavy atom. The molecule has 4 heteroatoms. The van der Waals surface area contributed by atoms with Crippen LogP contribution in [0.15, 0.2) is 0 Å². The molecule has 0 amide bonds. The van der Waals surface area contributed by atoms with Crippen LogP contribution >= 0.6 is 21.9 Å². The van der Waals surface area contributed by atoms with Crippen molar-refractivity contribution in [2.75, 3.05) is 12.9 Å². The molecule has 0 aliphatic heterocycles. The predicted molar refractivity (Wildman–Crippen MR) is 37.7 cm³/mol. The number of carbonyl (C=O) groups excluding carboxylic acids is 1. The van der Waals surface area contributed by atoms with Crippen LogP contribution in [0.5, 0.6) is 0 Å². The lowest BCUT2D eigenvalue weighted by atomic mass is 10.5. The molecule has 0 saturated carbocycles. The van der Waals surface area contributed by atoms with Crippen LogP contribution in [0.1, 0.15) is 6.92 Å². The normalized spacial score (nSPS) is 9.25. The summed E-state index contributed by atoms with van der Waals surface area (Å²) >= 11 is 1.23. The maximum Gasteiger partial charge on any atom is 0.156 e. The van der Waals surface area contributed by atoms with E-state index in [4.69, 9.17) is 4.18 Å². The molecule has 0 aliphatic carbocycles. The van der Waals surface area contributed by atoms with Crippen molar-refractivity contribution in [2.45, 2.75) is 6.92 Å². The van der Waals surface area contributed by atoms with Crippen LogP contribution in [0.3, 0.4) is 0 Å². The van der Waals surface area contributed by atoms with Gasteiger partial charge in [0.15, 0.2) is 5.78 Å². The summed E-state index contributed by atoms with van der Waals surface area (Å²) in [7, 11) is 1.49. The lowest BCUT2D eigenvalue weighted by Gasteiger charge is -1.92. The summed E-state index contributed by atoms with van der Waals surface area (Å²) < 4.78 is 4.77. The fourth-order valence-electron chi connectivity index (χ4n) is 0.155.